The Kier molecular flexibility index (Phi) is 4.81. The lowest BCUT2D eigenvalue weighted by atomic mass is 10.1. The molecule has 1 aromatic heterocycles. The second-order valence-corrected chi connectivity index (χ2v) is 5.68. The van der Waals surface area contributed by atoms with Gasteiger partial charge in [-0.2, -0.15) is 4.98 Å². The fourth-order valence-corrected chi connectivity index (χ4v) is 2.84. The van der Waals surface area contributed by atoms with E-state index in [9.17, 15) is 0 Å². The molecule has 0 saturated carbocycles. The van der Waals surface area contributed by atoms with Crippen LogP contribution < -0.4 is 9.64 Å². The minimum Gasteiger partial charge on any atom is -0.481 e. The van der Waals surface area contributed by atoms with E-state index in [-0.39, 0.29) is 0 Å². The van der Waals surface area contributed by atoms with Gasteiger partial charge in [-0.25, -0.2) is 4.98 Å². The molecule has 0 bridgehead atoms. The summed E-state index contributed by atoms with van der Waals surface area (Å²) in [5.41, 5.74) is 1.04. The Morgan fingerprint density at radius 2 is 2.10 bits per heavy atom. The minimum absolute atomic E-state index is 0.696. The Balaban J connectivity index is 2.12. The van der Waals surface area contributed by atoms with Crippen molar-refractivity contribution in [1.29, 1.82) is 0 Å². The maximum absolute atomic E-state index is 5.35. The van der Waals surface area contributed by atoms with Crippen molar-refractivity contribution >= 4 is 5.82 Å². The van der Waals surface area contributed by atoms with Crippen LogP contribution in [0, 0.1) is 19.8 Å². The molecule has 112 valence electrons. The summed E-state index contributed by atoms with van der Waals surface area (Å²) < 4.78 is 5.35. The number of nitrogens with zero attached hydrogens (tertiary/aromatic N) is 4. The van der Waals surface area contributed by atoms with E-state index in [2.05, 4.69) is 33.7 Å². The number of ether oxygens (including phenoxy) is 1. The summed E-state index contributed by atoms with van der Waals surface area (Å²) >= 11 is 0. The van der Waals surface area contributed by atoms with Gasteiger partial charge in [-0.3, -0.25) is 0 Å². The predicted octanol–water partition coefficient (Wildman–Crippen LogP) is 1.88. The van der Waals surface area contributed by atoms with Crippen LogP contribution >= 0.6 is 0 Å². The molecule has 1 atom stereocenters. The maximum atomic E-state index is 5.35. The topological polar surface area (TPSA) is 41.5 Å². The third-order valence-corrected chi connectivity index (χ3v) is 4.08. The molecule has 0 aliphatic carbocycles. The standard InChI is InChI=1S/C15H26N4O/c1-6-18(4)9-13-7-8-19(10-13)14-11(2)15(20-5)17-12(3)16-14/h13H,6-10H2,1-5H3. The first-order valence-electron chi connectivity index (χ1n) is 7.37. The average molecular weight is 278 g/mol. The quantitative estimate of drug-likeness (QED) is 0.822. The molecular formula is C15H26N4O. The molecule has 1 fully saturated rings. The van der Waals surface area contributed by atoms with Gasteiger partial charge < -0.3 is 14.5 Å². The molecule has 5 nitrogen and oxygen atoms in total. The monoisotopic (exact) mass is 278 g/mol. The molecule has 5 heteroatoms. The van der Waals surface area contributed by atoms with Gasteiger partial charge in [0.05, 0.1) is 12.7 Å². The second kappa shape index (κ2) is 6.39. The highest BCUT2D eigenvalue weighted by atomic mass is 16.5. The van der Waals surface area contributed by atoms with E-state index in [4.69, 9.17) is 4.74 Å². The van der Waals surface area contributed by atoms with Crippen molar-refractivity contribution in [2.24, 2.45) is 5.92 Å². The number of aryl methyl sites for hydroxylation is 1. The zero-order chi connectivity index (χ0) is 14.7. The van der Waals surface area contributed by atoms with Gasteiger partial charge in [0.25, 0.3) is 0 Å². The van der Waals surface area contributed by atoms with Crippen molar-refractivity contribution in [2.45, 2.75) is 27.2 Å². The number of anilines is 1. The highest BCUT2D eigenvalue weighted by molar-refractivity contribution is 5.51. The lowest BCUT2D eigenvalue weighted by Crippen LogP contribution is -2.28. The summed E-state index contributed by atoms with van der Waals surface area (Å²) in [6.45, 7) is 10.6. The largest absolute Gasteiger partial charge is 0.481 e. The van der Waals surface area contributed by atoms with Crippen LogP contribution in [0.1, 0.15) is 24.7 Å². The molecule has 0 spiro atoms. The van der Waals surface area contributed by atoms with Gasteiger partial charge in [0, 0.05) is 19.6 Å². The summed E-state index contributed by atoms with van der Waals surface area (Å²) in [4.78, 5) is 13.7. The number of rotatable bonds is 5. The van der Waals surface area contributed by atoms with Crippen LogP contribution in [0.2, 0.25) is 0 Å². The van der Waals surface area contributed by atoms with E-state index >= 15 is 0 Å². The Morgan fingerprint density at radius 3 is 2.75 bits per heavy atom. The highest BCUT2D eigenvalue weighted by Crippen LogP contribution is 2.29. The Morgan fingerprint density at radius 1 is 1.35 bits per heavy atom. The molecule has 0 N–H and O–H groups in total. The van der Waals surface area contributed by atoms with Crippen LogP contribution in [0.25, 0.3) is 0 Å². The predicted molar refractivity (Wildman–Crippen MR) is 81.5 cm³/mol. The SMILES string of the molecule is CCN(C)CC1CCN(c2nc(C)nc(OC)c2C)C1. The third-order valence-electron chi connectivity index (χ3n) is 4.08. The van der Waals surface area contributed by atoms with Crippen LogP contribution in [-0.2, 0) is 0 Å². The van der Waals surface area contributed by atoms with Gasteiger partial charge in [0.15, 0.2) is 0 Å². The first kappa shape index (κ1) is 15.0. The van der Waals surface area contributed by atoms with Gasteiger partial charge in [-0.15, -0.1) is 0 Å². The van der Waals surface area contributed by atoms with Gasteiger partial charge in [-0.05, 0) is 39.8 Å². The Hall–Kier alpha value is -1.36. The van der Waals surface area contributed by atoms with Crippen molar-refractivity contribution in [3.63, 3.8) is 0 Å². The minimum atomic E-state index is 0.696. The van der Waals surface area contributed by atoms with Crippen molar-refractivity contribution < 1.29 is 4.74 Å². The van der Waals surface area contributed by atoms with E-state index < -0.39 is 0 Å². The fourth-order valence-electron chi connectivity index (χ4n) is 2.84. The molecule has 1 aliphatic heterocycles. The van der Waals surface area contributed by atoms with E-state index in [1.807, 2.05) is 13.8 Å². The van der Waals surface area contributed by atoms with Crippen LogP contribution in [0.4, 0.5) is 5.82 Å². The molecule has 2 rings (SSSR count). The zero-order valence-corrected chi connectivity index (χ0v) is 13.3. The van der Waals surface area contributed by atoms with Crippen LogP contribution in [0.15, 0.2) is 0 Å². The van der Waals surface area contributed by atoms with Crippen LogP contribution in [0.3, 0.4) is 0 Å². The molecule has 20 heavy (non-hydrogen) atoms. The molecule has 1 aliphatic rings. The molecule has 0 amide bonds. The average Bonchev–Trinajstić information content (AvgIpc) is 2.89. The smallest absolute Gasteiger partial charge is 0.221 e. The van der Waals surface area contributed by atoms with Crippen molar-refractivity contribution in [1.82, 2.24) is 14.9 Å². The third kappa shape index (κ3) is 3.20. The summed E-state index contributed by atoms with van der Waals surface area (Å²) in [7, 11) is 3.85. The molecule has 0 radical (unpaired) electrons. The fraction of sp³-hybridized carbons (Fsp3) is 0.733. The van der Waals surface area contributed by atoms with Gasteiger partial charge in [0.2, 0.25) is 5.88 Å². The van der Waals surface area contributed by atoms with Crippen molar-refractivity contribution in [3.05, 3.63) is 11.4 Å². The number of hydrogen-bond acceptors (Lipinski definition) is 5. The molecule has 1 aromatic rings. The Bertz CT molecular complexity index is 463. The number of hydrogen-bond donors (Lipinski definition) is 0. The van der Waals surface area contributed by atoms with Gasteiger partial charge in [-0.1, -0.05) is 6.92 Å². The van der Waals surface area contributed by atoms with E-state index in [1.165, 1.54) is 6.42 Å². The lowest BCUT2D eigenvalue weighted by Gasteiger charge is -2.22. The lowest BCUT2D eigenvalue weighted by molar-refractivity contribution is 0.300. The zero-order valence-electron chi connectivity index (χ0n) is 13.3. The summed E-state index contributed by atoms with van der Waals surface area (Å²) in [5.74, 6) is 3.23. The maximum Gasteiger partial charge on any atom is 0.221 e. The summed E-state index contributed by atoms with van der Waals surface area (Å²) in [5, 5.41) is 0. The van der Waals surface area contributed by atoms with Gasteiger partial charge >= 0.3 is 0 Å². The highest BCUT2D eigenvalue weighted by Gasteiger charge is 2.26. The molecule has 1 unspecified atom stereocenters. The Labute approximate surface area is 122 Å². The second-order valence-electron chi connectivity index (χ2n) is 5.68. The summed E-state index contributed by atoms with van der Waals surface area (Å²) in [6.07, 6.45) is 1.23. The molecular weight excluding hydrogens is 252 g/mol. The first-order chi connectivity index (χ1) is 9.55. The van der Waals surface area contributed by atoms with E-state index in [0.29, 0.717) is 5.88 Å². The number of methoxy groups -OCH3 is 1. The molecule has 0 aromatic carbocycles. The van der Waals surface area contributed by atoms with E-state index in [0.717, 1.165) is 49.3 Å². The first-order valence-corrected chi connectivity index (χ1v) is 7.37. The normalized spacial score (nSPS) is 18.9. The van der Waals surface area contributed by atoms with Crippen molar-refractivity contribution in [3.8, 4) is 5.88 Å². The van der Waals surface area contributed by atoms with E-state index in [1.54, 1.807) is 7.11 Å². The van der Waals surface area contributed by atoms with Crippen molar-refractivity contribution in [2.75, 3.05) is 45.2 Å². The van der Waals surface area contributed by atoms with Crippen LogP contribution in [0.5, 0.6) is 5.88 Å². The van der Waals surface area contributed by atoms with Gasteiger partial charge in [0.1, 0.15) is 11.6 Å². The molecule has 1 saturated heterocycles. The molecule has 2 heterocycles. The van der Waals surface area contributed by atoms with Crippen LogP contribution in [-0.4, -0.2) is 55.2 Å². The summed E-state index contributed by atoms with van der Waals surface area (Å²) in [6, 6.07) is 0. The number of aromatic nitrogens is 2.